The zero-order valence-corrected chi connectivity index (χ0v) is 9.30. The van der Waals surface area contributed by atoms with Gasteiger partial charge >= 0.3 is 0 Å². The van der Waals surface area contributed by atoms with E-state index in [1.54, 1.807) is 6.26 Å². The van der Waals surface area contributed by atoms with Crippen LogP contribution in [0.1, 0.15) is 12.5 Å². The number of hydrogen-bond donors (Lipinski definition) is 0. The molecule has 0 saturated heterocycles. The van der Waals surface area contributed by atoms with Gasteiger partial charge in [0.05, 0.1) is 0 Å². The van der Waals surface area contributed by atoms with Crippen LogP contribution in [0.5, 0.6) is 0 Å². The molecule has 1 nitrogen and oxygen atoms in total. The summed E-state index contributed by atoms with van der Waals surface area (Å²) in [5, 5.41) is 0. The van der Waals surface area contributed by atoms with E-state index < -0.39 is 10.8 Å². The summed E-state index contributed by atoms with van der Waals surface area (Å²) in [7, 11) is -0.925. The predicted molar refractivity (Wildman–Crippen MR) is 62.6 cm³/mol. The maximum atomic E-state index is 11.2. The molecule has 0 aromatic heterocycles. The van der Waals surface area contributed by atoms with Gasteiger partial charge in [0.1, 0.15) is 0 Å². The molecule has 0 bridgehead atoms. The van der Waals surface area contributed by atoms with Crippen LogP contribution in [0.4, 0.5) is 0 Å². The van der Waals surface area contributed by atoms with Gasteiger partial charge in [-0.15, -0.1) is 0 Å². The molecule has 0 saturated carbocycles. The van der Waals surface area contributed by atoms with Crippen LogP contribution in [-0.4, -0.2) is 10.5 Å². The average Bonchev–Trinajstić information content (AvgIpc) is 2.18. The first-order valence-corrected chi connectivity index (χ1v) is 5.96. The first kappa shape index (κ1) is 10.9. The molecule has 1 aromatic rings. The van der Waals surface area contributed by atoms with E-state index in [0.717, 1.165) is 16.0 Å². The molecule has 2 heteroatoms. The predicted octanol–water partition coefficient (Wildman–Crippen LogP) is 3.01. The van der Waals surface area contributed by atoms with Crippen LogP contribution < -0.4 is 0 Å². The van der Waals surface area contributed by atoms with Crippen molar-refractivity contribution >= 4 is 16.4 Å². The van der Waals surface area contributed by atoms with Crippen LogP contribution >= 0.6 is 0 Å². The molecule has 1 rings (SSSR count). The molecule has 74 valence electrons. The second kappa shape index (κ2) is 4.91. The van der Waals surface area contributed by atoms with Crippen LogP contribution in [0, 0.1) is 0 Å². The Morgan fingerprint density at radius 3 is 2.79 bits per heavy atom. The SMILES string of the molecule is C=C(/C=C\C)c1cccc(S(C)=O)c1. The van der Waals surface area contributed by atoms with Gasteiger partial charge in [0.2, 0.25) is 0 Å². The molecule has 1 unspecified atom stereocenters. The van der Waals surface area contributed by atoms with Gasteiger partial charge in [-0.05, 0) is 30.2 Å². The Hall–Kier alpha value is -1.15. The van der Waals surface area contributed by atoms with Gasteiger partial charge in [-0.1, -0.05) is 30.9 Å². The molecule has 0 amide bonds. The monoisotopic (exact) mass is 206 g/mol. The molecular weight excluding hydrogens is 192 g/mol. The normalized spacial score (nSPS) is 13.0. The van der Waals surface area contributed by atoms with E-state index in [0.29, 0.717) is 0 Å². The van der Waals surface area contributed by atoms with Crippen LogP contribution in [0.2, 0.25) is 0 Å². The topological polar surface area (TPSA) is 17.1 Å². The summed E-state index contributed by atoms with van der Waals surface area (Å²) < 4.78 is 11.2. The Balaban J connectivity index is 3.05. The van der Waals surface area contributed by atoms with E-state index >= 15 is 0 Å². The molecular formula is C12H14OS. The van der Waals surface area contributed by atoms with Gasteiger partial charge in [0.25, 0.3) is 0 Å². The van der Waals surface area contributed by atoms with Gasteiger partial charge in [0, 0.05) is 22.0 Å². The van der Waals surface area contributed by atoms with Gasteiger partial charge in [-0.25, -0.2) is 0 Å². The van der Waals surface area contributed by atoms with Crippen molar-refractivity contribution in [2.24, 2.45) is 0 Å². The van der Waals surface area contributed by atoms with Gasteiger partial charge in [-0.3, -0.25) is 4.21 Å². The summed E-state index contributed by atoms with van der Waals surface area (Å²) in [6.07, 6.45) is 5.56. The summed E-state index contributed by atoms with van der Waals surface area (Å²) in [5.41, 5.74) is 1.97. The number of benzene rings is 1. The lowest BCUT2D eigenvalue weighted by molar-refractivity contribution is 0.687. The summed E-state index contributed by atoms with van der Waals surface area (Å²) in [4.78, 5) is 0.841. The number of rotatable bonds is 3. The Morgan fingerprint density at radius 1 is 1.50 bits per heavy atom. The fourth-order valence-electron chi connectivity index (χ4n) is 1.17. The lowest BCUT2D eigenvalue weighted by Gasteiger charge is -2.02. The van der Waals surface area contributed by atoms with E-state index in [9.17, 15) is 4.21 Å². The zero-order valence-electron chi connectivity index (χ0n) is 8.49. The zero-order chi connectivity index (χ0) is 10.6. The van der Waals surface area contributed by atoms with Crippen molar-refractivity contribution in [2.45, 2.75) is 11.8 Å². The van der Waals surface area contributed by atoms with E-state index in [4.69, 9.17) is 0 Å². The molecule has 0 aliphatic carbocycles. The van der Waals surface area contributed by atoms with Crippen molar-refractivity contribution in [3.05, 3.63) is 48.6 Å². The molecule has 0 fully saturated rings. The van der Waals surface area contributed by atoms with E-state index in [-0.39, 0.29) is 0 Å². The Bertz CT molecular complexity index is 391. The second-order valence-corrected chi connectivity index (χ2v) is 4.39. The maximum Gasteiger partial charge on any atom is 0.0498 e. The van der Waals surface area contributed by atoms with Crippen LogP contribution in [-0.2, 0) is 10.8 Å². The third-order valence-electron chi connectivity index (χ3n) is 1.90. The van der Waals surface area contributed by atoms with Crippen LogP contribution in [0.25, 0.3) is 5.57 Å². The van der Waals surface area contributed by atoms with Gasteiger partial charge in [0.15, 0.2) is 0 Å². The molecule has 1 atom stereocenters. The lowest BCUT2D eigenvalue weighted by atomic mass is 10.1. The van der Waals surface area contributed by atoms with Crippen molar-refractivity contribution < 1.29 is 4.21 Å². The third-order valence-corrected chi connectivity index (χ3v) is 2.82. The highest BCUT2D eigenvalue weighted by molar-refractivity contribution is 7.84. The quantitative estimate of drug-likeness (QED) is 0.695. The third kappa shape index (κ3) is 2.67. The van der Waals surface area contributed by atoms with Crippen molar-refractivity contribution in [3.8, 4) is 0 Å². The fraction of sp³-hybridized carbons (Fsp3) is 0.167. The molecule has 14 heavy (non-hydrogen) atoms. The highest BCUT2D eigenvalue weighted by Gasteiger charge is 1.99. The van der Waals surface area contributed by atoms with E-state index in [1.807, 2.05) is 43.3 Å². The van der Waals surface area contributed by atoms with Crippen molar-refractivity contribution in [1.29, 1.82) is 0 Å². The molecule has 0 N–H and O–H groups in total. The fourth-order valence-corrected chi connectivity index (χ4v) is 1.74. The molecule has 0 spiro atoms. The van der Waals surface area contributed by atoms with Crippen molar-refractivity contribution in [1.82, 2.24) is 0 Å². The van der Waals surface area contributed by atoms with Crippen LogP contribution in [0.3, 0.4) is 0 Å². The Labute approximate surface area is 87.6 Å². The van der Waals surface area contributed by atoms with Crippen molar-refractivity contribution in [2.75, 3.05) is 6.26 Å². The number of hydrogen-bond acceptors (Lipinski definition) is 1. The Kier molecular flexibility index (Phi) is 3.84. The smallest absolute Gasteiger partial charge is 0.0498 e. The minimum atomic E-state index is -0.925. The summed E-state index contributed by atoms with van der Waals surface area (Å²) >= 11 is 0. The molecule has 0 aliphatic rings. The van der Waals surface area contributed by atoms with E-state index in [2.05, 4.69) is 6.58 Å². The first-order valence-electron chi connectivity index (χ1n) is 4.40. The second-order valence-electron chi connectivity index (χ2n) is 3.01. The van der Waals surface area contributed by atoms with Gasteiger partial charge < -0.3 is 0 Å². The minimum Gasteiger partial charge on any atom is -0.255 e. The van der Waals surface area contributed by atoms with Crippen molar-refractivity contribution in [3.63, 3.8) is 0 Å². The number of allylic oxidation sites excluding steroid dienone is 3. The highest BCUT2D eigenvalue weighted by atomic mass is 32.2. The largest absolute Gasteiger partial charge is 0.255 e. The first-order chi connectivity index (χ1) is 6.65. The van der Waals surface area contributed by atoms with E-state index in [1.165, 1.54) is 0 Å². The summed E-state index contributed by atoms with van der Waals surface area (Å²) in [5.74, 6) is 0. The molecule has 0 aliphatic heterocycles. The maximum absolute atomic E-state index is 11.2. The lowest BCUT2D eigenvalue weighted by Crippen LogP contribution is -1.88. The molecule has 0 heterocycles. The van der Waals surface area contributed by atoms with Crippen LogP contribution in [0.15, 0.2) is 47.9 Å². The Morgan fingerprint density at radius 2 is 2.21 bits per heavy atom. The molecule has 0 radical (unpaired) electrons. The highest BCUT2D eigenvalue weighted by Crippen LogP contribution is 2.16. The summed E-state index contributed by atoms with van der Waals surface area (Å²) in [6.45, 7) is 5.88. The summed E-state index contributed by atoms with van der Waals surface area (Å²) in [6, 6.07) is 7.65. The minimum absolute atomic E-state index is 0.841. The van der Waals surface area contributed by atoms with Gasteiger partial charge in [-0.2, -0.15) is 0 Å². The molecule has 1 aromatic carbocycles. The standard InChI is InChI=1S/C12H14OS/c1-4-6-10(2)11-7-5-8-12(9-11)14(3)13/h4-9H,2H2,1,3H3/b6-4-. The average molecular weight is 206 g/mol.